The minimum Gasteiger partial charge on any atom is -0.450 e. The third kappa shape index (κ3) is 5.50. The number of carbonyl (C=O) groups is 1. The molecule has 0 atom stereocenters. The van der Waals surface area contributed by atoms with Crippen LogP contribution in [0.1, 0.15) is 0 Å². The van der Waals surface area contributed by atoms with Gasteiger partial charge in [-0.1, -0.05) is 6.58 Å². The van der Waals surface area contributed by atoms with Crippen LogP contribution in [-0.4, -0.2) is 22.1 Å². The maximum absolute atomic E-state index is 10.2. The monoisotopic (exact) mass is 166 g/mol. The summed E-state index contributed by atoms with van der Waals surface area (Å²) in [4.78, 5) is 26.5. The van der Waals surface area contributed by atoms with Gasteiger partial charge in [0.25, 0.3) is 0 Å². The Hall–Kier alpha value is -0.640. The Labute approximate surface area is 57.5 Å². The summed E-state index contributed by atoms with van der Waals surface area (Å²) in [7, 11) is -4.22. The molecule has 0 aromatic heterocycles. The van der Waals surface area contributed by atoms with E-state index in [4.69, 9.17) is 9.79 Å². The first-order valence-corrected chi connectivity index (χ1v) is 4.09. The smallest absolute Gasteiger partial charge is 0.362 e. The standard InChI is InChI=1S/C4H7O5P/c1-2-4(5)9-3-10(6,7)8/h2H,1,3H2,(H2,6,7,8). The Balaban J connectivity index is 3.66. The minimum absolute atomic E-state index is 0.829. The molecular weight excluding hydrogens is 159 g/mol. The largest absolute Gasteiger partial charge is 0.450 e. The highest BCUT2D eigenvalue weighted by Crippen LogP contribution is 2.33. The zero-order valence-corrected chi connectivity index (χ0v) is 5.95. The van der Waals surface area contributed by atoms with Crippen molar-refractivity contribution in [3.63, 3.8) is 0 Å². The van der Waals surface area contributed by atoms with Gasteiger partial charge in [-0.05, 0) is 0 Å². The van der Waals surface area contributed by atoms with Crippen molar-refractivity contribution in [2.75, 3.05) is 6.35 Å². The average molecular weight is 166 g/mol. The molecule has 0 bridgehead atoms. The normalized spacial score (nSPS) is 10.6. The van der Waals surface area contributed by atoms with E-state index in [-0.39, 0.29) is 0 Å². The van der Waals surface area contributed by atoms with Crippen molar-refractivity contribution in [1.29, 1.82) is 0 Å². The van der Waals surface area contributed by atoms with Crippen LogP contribution >= 0.6 is 7.60 Å². The highest BCUT2D eigenvalue weighted by molar-refractivity contribution is 7.51. The Kier molecular flexibility index (Phi) is 3.28. The van der Waals surface area contributed by atoms with Crippen LogP contribution in [0.3, 0.4) is 0 Å². The summed E-state index contributed by atoms with van der Waals surface area (Å²) in [6, 6.07) is 0. The molecule has 0 rings (SSSR count). The molecular formula is C4H7O5P. The number of ether oxygens (including phenoxy) is 1. The van der Waals surface area contributed by atoms with Crippen LogP contribution in [0.15, 0.2) is 12.7 Å². The lowest BCUT2D eigenvalue weighted by molar-refractivity contribution is -0.136. The number of carbonyl (C=O) groups excluding carboxylic acids is 1. The molecule has 0 spiro atoms. The molecule has 58 valence electrons. The van der Waals surface area contributed by atoms with Gasteiger partial charge in [0, 0.05) is 6.08 Å². The van der Waals surface area contributed by atoms with Crippen LogP contribution in [0.5, 0.6) is 0 Å². The Morgan fingerprint density at radius 1 is 1.70 bits per heavy atom. The molecule has 0 radical (unpaired) electrons. The Bertz CT molecular complexity index is 180. The van der Waals surface area contributed by atoms with Crippen LogP contribution in [0.2, 0.25) is 0 Å². The van der Waals surface area contributed by atoms with E-state index < -0.39 is 19.9 Å². The molecule has 0 aromatic rings. The van der Waals surface area contributed by atoms with Gasteiger partial charge in [-0.3, -0.25) is 4.57 Å². The van der Waals surface area contributed by atoms with Gasteiger partial charge < -0.3 is 14.5 Å². The molecule has 0 saturated heterocycles. The predicted molar refractivity (Wildman–Crippen MR) is 33.2 cm³/mol. The summed E-state index contributed by atoms with van der Waals surface area (Å²) in [6.07, 6.45) is -0.0620. The highest BCUT2D eigenvalue weighted by Gasteiger charge is 2.14. The van der Waals surface area contributed by atoms with Gasteiger partial charge in [-0.2, -0.15) is 0 Å². The molecule has 0 aliphatic carbocycles. The molecule has 6 heteroatoms. The summed E-state index contributed by atoms with van der Waals surface area (Å²) in [5.41, 5.74) is 0. The van der Waals surface area contributed by atoms with E-state index >= 15 is 0 Å². The number of hydrogen-bond donors (Lipinski definition) is 2. The molecule has 0 saturated carbocycles. The van der Waals surface area contributed by atoms with Gasteiger partial charge in [-0.25, -0.2) is 4.79 Å². The van der Waals surface area contributed by atoms with Gasteiger partial charge in [-0.15, -0.1) is 0 Å². The fourth-order valence-electron chi connectivity index (χ4n) is 0.207. The van der Waals surface area contributed by atoms with E-state index in [1.807, 2.05) is 0 Å². The molecule has 10 heavy (non-hydrogen) atoms. The molecule has 0 aliphatic heterocycles. The van der Waals surface area contributed by atoms with Crippen molar-refractivity contribution in [3.05, 3.63) is 12.7 Å². The van der Waals surface area contributed by atoms with Crippen molar-refractivity contribution in [1.82, 2.24) is 0 Å². The second kappa shape index (κ2) is 3.51. The van der Waals surface area contributed by atoms with Gasteiger partial charge >= 0.3 is 13.6 Å². The van der Waals surface area contributed by atoms with E-state index in [9.17, 15) is 9.36 Å². The topological polar surface area (TPSA) is 83.8 Å². The number of hydrogen-bond acceptors (Lipinski definition) is 3. The second-order valence-corrected chi connectivity index (χ2v) is 3.05. The lowest BCUT2D eigenvalue weighted by Gasteiger charge is -2.01. The van der Waals surface area contributed by atoms with E-state index in [0.717, 1.165) is 6.08 Å². The van der Waals surface area contributed by atoms with Crippen molar-refractivity contribution < 1.29 is 23.9 Å². The van der Waals surface area contributed by atoms with Crippen LogP contribution in [0.25, 0.3) is 0 Å². The number of esters is 1. The van der Waals surface area contributed by atoms with Gasteiger partial charge in [0.1, 0.15) is 0 Å². The van der Waals surface area contributed by atoms with Crippen molar-refractivity contribution in [3.8, 4) is 0 Å². The third-order valence-electron chi connectivity index (χ3n) is 0.542. The van der Waals surface area contributed by atoms with Crippen molar-refractivity contribution in [2.24, 2.45) is 0 Å². The van der Waals surface area contributed by atoms with Crippen LogP contribution < -0.4 is 0 Å². The van der Waals surface area contributed by atoms with Crippen molar-refractivity contribution in [2.45, 2.75) is 0 Å². The summed E-state index contributed by atoms with van der Waals surface area (Å²) in [5.74, 6) is -0.844. The minimum atomic E-state index is -4.22. The van der Waals surface area contributed by atoms with Gasteiger partial charge in [0.05, 0.1) is 0 Å². The fraction of sp³-hybridized carbons (Fsp3) is 0.250. The van der Waals surface area contributed by atoms with Crippen LogP contribution in [0, 0.1) is 0 Å². The Morgan fingerprint density at radius 2 is 2.20 bits per heavy atom. The lowest BCUT2D eigenvalue weighted by atomic mass is 10.7. The van der Waals surface area contributed by atoms with E-state index in [0.29, 0.717) is 0 Å². The first kappa shape index (κ1) is 9.36. The molecule has 0 unspecified atom stereocenters. The maximum atomic E-state index is 10.2. The predicted octanol–water partition coefficient (Wildman–Crippen LogP) is -0.149. The highest BCUT2D eigenvalue weighted by atomic mass is 31.2. The number of rotatable bonds is 3. The van der Waals surface area contributed by atoms with Gasteiger partial charge in [0.15, 0.2) is 6.35 Å². The van der Waals surface area contributed by atoms with Crippen molar-refractivity contribution >= 4 is 13.6 Å². The summed E-state index contributed by atoms with van der Waals surface area (Å²) >= 11 is 0. The zero-order valence-electron chi connectivity index (χ0n) is 5.06. The quantitative estimate of drug-likeness (QED) is 0.346. The summed E-state index contributed by atoms with van der Waals surface area (Å²) < 4.78 is 14.1. The van der Waals surface area contributed by atoms with E-state index in [2.05, 4.69) is 11.3 Å². The maximum Gasteiger partial charge on any atom is 0.362 e. The van der Waals surface area contributed by atoms with Gasteiger partial charge in [0.2, 0.25) is 0 Å². The summed E-state index contributed by atoms with van der Waals surface area (Å²) in [5, 5.41) is 0. The SMILES string of the molecule is C=CC(=O)OCP(=O)(O)O. The first-order valence-electron chi connectivity index (χ1n) is 2.29. The zero-order chi connectivity index (χ0) is 8.20. The second-order valence-electron chi connectivity index (χ2n) is 1.46. The van der Waals surface area contributed by atoms with E-state index in [1.54, 1.807) is 0 Å². The van der Waals surface area contributed by atoms with Crippen LogP contribution in [0.4, 0.5) is 0 Å². The fourth-order valence-corrected chi connectivity index (χ4v) is 0.502. The Morgan fingerprint density at radius 3 is 2.50 bits per heavy atom. The molecule has 2 N–H and O–H groups in total. The van der Waals surface area contributed by atoms with E-state index in [1.165, 1.54) is 0 Å². The molecule has 0 fully saturated rings. The molecule has 0 heterocycles. The molecule has 0 aromatic carbocycles. The molecule has 0 amide bonds. The molecule has 5 nitrogen and oxygen atoms in total. The lowest BCUT2D eigenvalue weighted by Crippen LogP contribution is -2.01. The van der Waals surface area contributed by atoms with Crippen LogP contribution in [-0.2, 0) is 14.1 Å². The third-order valence-corrected chi connectivity index (χ3v) is 1.01. The summed E-state index contributed by atoms with van der Waals surface area (Å²) in [6.45, 7) is 3.03. The first-order chi connectivity index (χ1) is 4.45. The average Bonchev–Trinajstić information content (AvgIpc) is 1.81. The molecule has 0 aliphatic rings.